The van der Waals surface area contributed by atoms with Crippen LogP contribution < -0.4 is 10.4 Å². The van der Waals surface area contributed by atoms with Gasteiger partial charge >= 0.3 is 5.63 Å². The standard InChI is InChI=1S/C29H25IO5/c1-18-16-24(31)35-28-22(18)12-13-23-26(28)25(19-8-3-2-4-9-19)29(34-23)27(32)20-10-7-11-21(17-20)33-15-6-5-14-30/h2-4,7-13,16-17,27,32H,5-6,14-15H2,1H3. The van der Waals surface area contributed by atoms with Gasteiger partial charge in [0.1, 0.15) is 28.8 Å². The summed E-state index contributed by atoms with van der Waals surface area (Å²) in [6, 6.07) is 22.4. The summed E-state index contributed by atoms with van der Waals surface area (Å²) < 4.78 is 18.9. The fourth-order valence-electron chi connectivity index (χ4n) is 4.38. The number of ether oxygens (including phenoxy) is 1. The zero-order valence-corrected chi connectivity index (χ0v) is 21.4. The molecule has 0 aliphatic heterocycles. The first-order valence-corrected chi connectivity index (χ1v) is 13.1. The van der Waals surface area contributed by atoms with Crippen molar-refractivity contribution >= 4 is 44.5 Å². The Labute approximate surface area is 216 Å². The molecule has 35 heavy (non-hydrogen) atoms. The zero-order valence-electron chi connectivity index (χ0n) is 19.3. The maximum Gasteiger partial charge on any atom is 0.336 e. The molecule has 5 aromatic rings. The summed E-state index contributed by atoms with van der Waals surface area (Å²) in [6.45, 7) is 2.52. The van der Waals surface area contributed by atoms with Gasteiger partial charge in [-0.05, 0) is 65.1 Å². The quantitative estimate of drug-likeness (QED) is 0.0911. The van der Waals surface area contributed by atoms with E-state index in [-0.39, 0.29) is 0 Å². The van der Waals surface area contributed by atoms with E-state index in [1.807, 2.05) is 73.7 Å². The molecular formula is C29H25IO5. The second-order valence-corrected chi connectivity index (χ2v) is 9.57. The average molecular weight is 580 g/mol. The van der Waals surface area contributed by atoms with Crippen molar-refractivity contribution < 1.29 is 18.7 Å². The summed E-state index contributed by atoms with van der Waals surface area (Å²) >= 11 is 2.36. The van der Waals surface area contributed by atoms with Gasteiger partial charge in [-0.2, -0.15) is 0 Å². The monoisotopic (exact) mass is 580 g/mol. The van der Waals surface area contributed by atoms with Crippen LogP contribution in [0.3, 0.4) is 0 Å². The van der Waals surface area contributed by atoms with E-state index in [9.17, 15) is 9.90 Å². The average Bonchev–Trinajstić information content (AvgIpc) is 3.27. The predicted molar refractivity (Wildman–Crippen MR) is 147 cm³/mol. The first kappa shape index (κ1) is 23.6. The number of hydrogen-bond donors (Lipinski definition) is 1. The normalized spacial score (nSPS) is 12.3. The van der Waals surface area contributed by atoms with E-state index < -0.39 is 11.7 Å². The fraction of sp³-hybridized carbons (Fsp3) is 0.207. The molecule has 0 spiro atoms. The van der Waals surface area contributed by atoms with E-state index in [1.54, 1.807) is 0 Å². The van der Waals surface area contributed by atoms with Gasteiger partial charge in [-0.1, -0.05) is 65.1 Å². The molecule has 1 unspecified atom stereocenters. The maximum absolute atomic E-state index is 12.3. The second-order valence-electron chi connectivity index (χ2n) is 8.49. The molecule has 5 rings (SSSR count). The number of aliphatic hydroxyl groups excluding tert-OH is 1. The first-order valence-electron chi connectivity index (χ1n) is 11.6. The lowest BCUT2D eigenvalue weighted by Crippen LogP contribution is -2.02. The number of fused-ring (bicyclic) bond motifs is 3. The van der Waals surface area contributed by atoms with Crippen LogP contribution in [0.4, 0.5) is 0 Å². The Balaban J connectivity index is 1.67. The summed E-state index contributed by atoms with van der Waals surface area (Å²) in [6.07, 6.45) is 1.04. The van der Waals surface area contributed by atoms with Gasteiger partial charge in [-0.15, -0.1) is 0 Å². The van der Waals surface area contributed by atoms with E-state index in [1.165, 1.54) is 6.07 Å². The zero-order chi connectivity index (χ0) is 24.4. The summed E-state index contributed by atoms with van der Waals surface area (Å²) in [5.74, 6) is 1.10. The van der Waals surface area contributed by atoms with Gasteiger partial charge < -0.3 is 18.7 Å². The van der Waals surface area contributed by atoms with Crippen LogP contribution in [0.5, 0.6) is 5.75 Å². The third-order valence-corrected chi connectivity index (χ3v) is 6.84. The minimum atomic E-state index is -1.04. The number of alkyl halides is 1. The third kappa shape index (κ3) is 4.73. The van der Waals surface area contributed by atoms with Crippen molar-refractivity contribution in [2.75, 3.05) is 11.0 Å². The molecule has 1 N–H and O–H groups in total. The third-order valence-electron chi connectivity index (χ3n) is 6.08. The molecule has 0 fully saturated rings. The Morgan fingerprint density at radius 1 is 0.971 bits per heavy atom. The molecule has 3 aromatic carbocycles. The van der Waals surface area contributed by atoms with E-state index in [2.05, 4.69) is 22.6 Å². The lowest BCUT2D eigenvalue weighted by atomic mass is 9.95. The predicted octanol–water partition coefficient (Wildman–Crippen LogP) is 7.19. The van der Waals surface area contributed by atoms with Crippen molar-refractivity contribution in [2.24, 2.45) is 0 Å². The molecule has 5 nitrogen and oxygen atoms in total. The van der Waals surface area contributed by atoms with E-state index in [0.29, 0.717) is 45.8 Å². The van der Waals surface area contributed by atoms with E-state index in [4.69, 9.17) is 13.6 Å². The SMILES string of the molecule is Cc1cc(=O)oc2c1ccc1oc(C(O)c3cccc(OCCCCI)c3)c(-c3ccccc3)c12. The molecule has 1 atom stereocenters. The second kappa shape index (κ2) is 10.3. The van der Waals surface area contributed by atoms with Crippen LogP contribution in [0.15, 0.2) is 86.4 Å². The Hall–Kier alpha value is -3.10. The minimum Gasteiger partial charge on any atom is -0.494 e. The summed E-state index contributed by atoms with van der Waals surface area (Å²) in [5.41, 5.74) is 3.65. The molecule has 0 saturated heterocycles. The van der Waals surface area contributed by atoms with Gasteiger partial charge in [0.25, 0.3) is 0 Å². The molecule has 0 saturated carbocycles. The highest BCUT2D eigenvalue weighted by Crippen LogP contribution is 2.43. The molecule has 0 bridgehead atoms. The Morgan fingerprint density at radius 2 is 1.80 bits per heavy atom. The number of furan rings is 1. The summed E-state index contributed by atoms with van der Waals surface area (Å²) in [5, 5.41) is 13.0. The van der Waals surface area contributed by atoms with Gasteiger partial charge in [0, 0.05) is 17.0 Å². The van der Waals surface area contributed by atoms with Crippen molar-refractivity contribution in [2.45, 2.75) is 25.9 Å². The van der Waals surface area contributed by atoms with Gasteiger partial charge in [0.15, 0.2) is 0 Å². The number of aryl methyl sites for hydroxylation is 1. The van der Waals surface area contributed by atoms with Crippen molar-refractivity contribution in [1.82, 2.24) is 0 Å². The van der Waals surface area contributed by atoms with Crippen LogP contribution >= 0.6 is 22.6 Å². The number of rotatable bonds is 8. The first-order chi connectivity index (χ1) is 17.1. The highest BCUT2D eigenvalue weighted by Gasteiger charge is 2.26. The number of unbranched alkanes of at least 4 members (excludes halogenated alkanes) is 1. The van der Waals surface area contributed by atoms with E-state index in [0.717, 1.165) is 33.8 Å². The molecule has 0 aliphatic rings. The molecule has 2 heterocycles. The van der Waals surface area contributed by atoms with Gasteiger partial charge in [0.2, 0.25) is 0 Å². The van der Waals surface area contributed by atoms with Crippen molar-refractivity contribution in [3.8, 4) is 16.9 Å². The maximum atomic E-state index is 12.3. The smallest absolute Gasteiger partial charge is 0.336 e. The Morgan fingerprint density at radius 3 is 2.60 bits per heavy atom. The van der Waals surface area contributed by atoms with Crippen LogP contribution in [0.2, 0.25) is 0 Å². The number of hydrogen-bond acceptors (Lipinski definition) is 5. The van der Waals surface area contributed by atoms with Gasteiger partial charge in [0.05, 0.1) is 12.0 Å². The molecule has 0 amide bonds. The van der Waals surface area contributed by atoms with E-state index >= 15 is 0 Å². The number of benzene rings is 3. The van der Waals surface area contributed by atoms with Crippen LogP contribution in [-0.4, -0.2) is 16.1 Å². The van der Waals surface area contributed by atoms with Crippen molar-refractivity contribution in [1.29, 1.82) is 0 Å². The Kier molecular flexibility index (Phi) is 6.92. The minimum absolute atomic E-state index is 0.393. The molecule has 178 valence electrons. The van der Waals surface area contributed by atoms with Crippen LogP contribution in [-0.2, 0) is 0 Å². The highest BCUT2D eigenvalue weighted by atomic mass is 127. The fourth-order valence-corrected chi connectivity index (χ4v) is 4.92. The van der Waals surface area contributed by atoms with Crippen molar-refractivity contribution in [3.63, 3.8) is 0 Å². The highest BCUT2D eigenvalue weighted by molar-refractivity contribution is 14.1. The number of halogens is 1. The molecular weight excluding hydrogens is 555 g/mol. The lowest BCUT2D eigenvalue weighted by molar-refractivity contribution is 0.192. The molecule has 6 heteroatoms. The Bertz CT molecular complexity index is 1530. The van der Waals surface area contributed by atoms with Gasteiger partial charge in [-0.25, -0.2) is 4.79 Å². The summed E-state index contributed by atoms with van der Waals surface area (Å²) in [4.78, 5) is 12.3. The largest absolute Gasteiger partial charge is 0.494 e. The molecule has 0 aliphatic carbocycles. The molecule has 2 aromatic heterocycles. The van der Waals surface area contributed by atoms with Crippen LogP contribution in [0.25, 0.3) is 33.1 Å². The lowest BCUT2D eigenvalue weighted by Gasteiger charge is -2.13. The summed E-state index contributed by atoms with van der Waals surface area (Å²) in [7, 11) is 0. The van der Waals surface area contributed by atoms with Crippen LogP contribution in [0, 0.1) is 6.92 Å². The topological polar surface area (TPSA) is 72.8 Å². The molecule has 0 radical (unpaired) electrons. The van der Waals surface area contributed by atoms with Crippen molar-refractivity contribution in [3.05, 3.63) is 100 Å². The van der Waals surface area contributed by atoms with Gasteiger partial charge in [-0.3, -0.25) is 0 Å². The van der Waals surface area contributed by atoms with Crippen LogP contribution in [0.1, 0.15) is 35.8 Å². The number of aliphatic hydroxyl groups is 1.